The van der Waals surface area contributed by atoms with E-state index in [0.717, 1.165) is 18.7 Å². The summed E-state index contributed by atoms with van der Waals surface area (Å²) in [5, 5.41) is 12.4. The van der Waals surface area contributed by atoms with E-state index < -0.39 is 5.97 Å². The van der Waals surface area contributed by atoms with E-state index in [1.165, 1.54) is 11.1 Å². The fourth-order valence-corrected chi connectivity index (χ4v) is 2.71. The third kappa shape index (κ3) is 3.95. The molecule has 116 valence electrons. The van der Waals surface area contributed by atoms with E-state index in [2.05, 4.69) is 50.4 Å². The molecule has 2 aromatic carbocycles. The van der Waals surface area contributed by atoms with E-state index in [1.807, 2.05) is 12.1 Å². The van der Waals surface area contributed by atoms with Crippen LogP contribution >= 0.6 is 0 Å². The van der Waals surface area contributed by atoms with Crippen molar-refractivity contribution in [3.8, 4) is 0 Å². The number of hydrogen-bond donors (Lipinski definition) is 2. The van der Waals surface area contributed by atoms with E-state index in [9.17, 15) is 4.79 Å². The predicted octanol–water partition coefficient (Wildman–Crippen LogP) is 3.76. The summed E-state index contributed by atoms with van der Waals surface area (Å²) in [6.45, 7) is 8.20. The minimum absolute atomic E-state index is 0.0480. The molecule has 0 saturated heterocycles. The number of carboxylic acids is 1. The van der Waals surface area contributed by atoms with Crippen molar-refractivity contribution in [3.05, 3.63) is 70.8 Å². The highest BCUT2D eigenvalue weighted by atomic mass is 16.4. The standard InChI is InChI=1S/C19H23NO2/c1-14-6-4-5-7-17(14)19(2,3)13-20-12-15-8-10-16(11-9-15)18(21)22/h4-11,20H,12-13H2,1-3H3,(H,21,22). The molecule has 3 nitrogen and oxygen atoms in total. The van der Waals surface area contributed by atoms with Gasteiger partial charge in [-0.1, -0.05) is 50.2 Å². The Labute approximate surface area is 132 Å². The predicted molar refractivity (Wildman–Crippen MR) is 89.3 cm³/mol. The van der Waals surface area contributed by atoms with Gasteiger partial charge in [0.1, 0.15) is 0 Å². The van der Waals surface area contributed by atoms with Crippen LogP contribution in [0.25, 0.3) is 0 Å². The van der Waals surface area contributed by atoms with Crippen LogP contribution in [0.5, 0.6) is 0 Å². The van der Waals surface area contributed by atoms with Crippen molar-refractivity contribution < 1.29 is 9.90 Å². The Kier molecular flexibility index (Phi) is 4.99. The van der Waals surface area contributed by atoms with Gasteiger partial charge in [0.05, 0.1) is 5.56 Å². The molecule has 0 spiro atoms. The van der Waals surface area contributed by atoms with Gasteiger partial charge in [0, 0.05) is 18.5 Å². The zero-order valence-corrected chi connectivity index (χ0v) is 13.4. The summed E-state index contributed by atoms with van der Waals surface area (Å²) in [6.07, 6.45) is 0. The SMILES string of the molecule is Cc1ccccc1C(C)(C)CNCc1ccc(C(=O)O)cc1. The highest BCUT2D eigenvalue weighted by Gasteiger charge is 2.21. The van der Waals surface area contributed by atoms with Gasteiger partial charge in [0.15, 0.2) is 0 Å². The highest BCUT2D eigenvalue weighted by Crippen LogP contribution is 2.25. The Bertz CT molecular complexity index is 645. The minimum atomic E-state index is -0.889. The summed E-state index contributed by atoms with van der Waals surface area (Å²) in [7, 11) is 0. The average molecular weight is 297 g/mol. The molecule has 0 amide bonds. The van der Waals surface area contributed by atoms with Crippen molar-refractivity contribution in [1.82, 2.24) is 5.32 Å². The molecule has 0 aliphatic rings. The lowest BCUT2D eigenvalue weighted by molar-refractivity contribution is 0.0697. The second kappa shape index (κ2) is 6.75. The van der Waals surface area contributed by atoms with Gasteiger partial charge in [-0.3, -0.25) is 0 Å². The third-order valence-electron chi connectivity index (χ3n) is 3.97. The Hall–Kier alpha value is -2.13. The fraction of sp³-hybridized carbons (Fsp3) is 0.316. The molecule has 2 aromatic rings. The summed E-state index contributed by atoms with van der Waals surface area (Å²) in [6, 6.07) is 15.5. The van der Waals surface area contributed by atoms with Gasteiger partial charge in [0.2, 0.25) is 0 Å². The molecule has 0 atom stereocenters. The summed E-state index contributed by atoms with van der Waals surface area (Å²) in [4.78, 5) is 10.8. The topological polar surface area (TPSA) is 49.3 Å². The van der Waals surface area contributed by atoms with Crippen molar-refractivity contribution >= 4 is 5.97 Å². The van der Waals surface area contributed by atoms with Crippen LogP contribution < -0.4 is 5.32 Å². The average Bonchev–Trinajstić information content (AvgIpc) is 2.48. The van der Waals surface area contributed by atoms with Crippen LogP contribution in [-0.4, -0.2) is 17.6 Å². The number of benzene rings is 2. The number of rotatable bonds is 6. The Morgan fingerprint density at radius 1 is 1.09 bits per heavy atom. The van der Waals surface area contributed by atoms with Crippen LogP contribution in [0.15, 0.2) is 48.5 Å². The van der Waals surface area contributed by atoms with Gasteiger partial charge in [-0.2, -0.15) is 0 Å². The molecule has 0 aliphatic carbocycles. The van der Waals surface area contributed by atoms with Gasteiger partial charge < -0.3 is 10.4 Å². The smallest absolute Gasteiger partial charge is 0.335 e. The first-order valence-electron chi connectivity index (χ1n) is 7.49. The second-order valence-electron chi connectivity index (χ2n) is 6.30. The van der Waals surface area contributed by atoms with Crippen molar-refractivity contribution in [2.75, 3.05) is 6.54 Å². The van der Waals surface area contributed by atoms with Gasteiger partial charge in [-0.15, -0.1) is 0 Å². The van der Waals surface area contributed by atoms with E-state index in [-0.39, 0.29) is 5.41 Å². The molecule has 2 rings (SSSR count). The number of carbonyl (C=O) groups is 1. The summed E-state index contributed by atoms with van der Waals surface area (Å²) in [5.74, 6) is -0.889. The quantitative estimate of drug-likeness (QED) is 0.853. The lowest BCUT2D eigenvalue weighted by Crippen LogP contribution is -2.33. The Balaban J connectivity index is 1.95. The van der Waals surface area contributed by atoms with Gasteiger partial charge >= 0.3 is 5.97 Å². The largest absolute Gasteiger partial charge is 0.478 e. The molecule has 0 heterocycles. The molecular formula is C19H23NO2. The highest BCUT2D eigenvalue weighted by molar-refractivity contribution is 5.87. The molecule has 0 aliphatic heterocycles. The summed E-state index contributed by atoms with van der Waals surface area (Å²) < 4.78 is 0. The lowest BCUT2D eigenvalue weighted by Gasteiger charge is -2.27. The van der Waals surface area contributed by atoms with E-state index >= 15 is 0 Å². The van der Waals surface area contributed by atoms with Crippen LogP contribution in [0.1, 0.15) is 40.9 Å². The molecule has 0 saturated carbocycles. The third-order valence-corrected chi connectivity index (χ3v) is 3.97. The maximum absolute atomic E-state index is 10.8. The maximum Gasteiger partial charge on any atom is 0.335 e. The first-order chi connectivity index (χ1) is 10.4. The summed E-state index contributed by atoms with van der Waals surface area (Å²) >= 11 is 0. The number of nitrogens with one attached hydrogen (secondary N) is 1. The minimum Gasteiger partial charge on any atom is -0.478 e. The summed E-state index contributed by atoms with van der Waals surface area (Å²) in [5.41, 5.74) is 4.12. The van der Waals surface area contributed by atoms with Crippen LogP contribution in [0.3, 0.4) is 0 Å². The number of hydrogen-bond acceptors (Lipinski definition) is 2. The molecule has 0 fully saturated rings. The first-order valence-corrected chi connectivity index (χ1v) is 7.49. The monoisotopic (exact) mass is 297 g/mol. The first kappa shape index (κ1) is 16.2. The Morgan fingerprint density at radius 3 is 2.32 bits per heavy atom. The second-order valence-corrected chi connectivity index (χ2v) is 6.30. The van der Waals surface area contributed by atoms with Crippen molar-refractivity contribution in [2.24, 2.45) is 0 Å². The molecule has 3 heteroatoms. The number of aromatic carboxylic acids is 1. The molecule has 0 aromatic heterocycles. The molecule has 0 radical (unpaired) electrons. The number of carboxylic acid groups (broad SMARTS) is 1. The van der Waals surface area contributed by atoms with Crippen LogP contribution in [0.4, 0.5) is 0 Å². The zero-order valence-electron chi connectivity index (χ0n) is 13.4. The molecule has 2 N–H and O–H groups in total. The van der Waals surface area contributed by atoms with Crippen LogP contribution in [-0.2, 0) is 12.0 Å². The number of aryl methyl sites for hydroxylation is 1. The van der Waals surface area contributed by atoms with Gasteiger partial charge in [-0.05, 0) is 35.7 Å². The van der Waals surface area contributed by atoms with Crippen molar-refractivity contribution in [1.29, 1.82) is 0 Å². The maximum atomic E-state index is 10.8. The molecule has 22 heavy (non-hydrogen) atoms. The van der Waals surface area contributed by atoms with Crippen LogP contribution in [0.2, 0.25) is 0 Å². The zero-order chi connectivity index (χ0) is 16.2. The fourth-order valence-electron chi connectivity index (χ4n) is 2.71. The van der Waals surface area contributed by atoms with Gasteiger partial charge in [0.25, 0.3) is 0 Å². The van der Waals surface area contributed by atoms with Crippen LogP contribution in [0, 0.1) is 6.92 Å². The van der Waals surface area contributed by atoms with E-state index in [4.69, 9.17) is 5.11 Å². The normalized spacial score (nSPS) is 11.4. The van der Waals surface area contributed by atoms with Crippen molar-refractivity contribution in [3.63, 3.8) is 0 Å². The van der Waals surface area contributed by atoms with E-state index in [1.54, 1.807) is 12.1 Å². The lowest BCUT2D eigenvalue weighted by atomic mass is 9.82. The molecular weight excluding hydrogens is 274 g/mol. The molecule has 0 unspecified atom stereocenters. The van der Waals surface area contributed by atoms with Gasteiger partial charge in [-0.25, -0.2) is 4.79 Å². The Morgan fingerprint density at radius 2 is 1.73 bits per heavy atom. The van der Waals surface area contributed by atoms with Crippen molar-refractivity contribution in [2.45, 2.75) is 32.7 Å². The van der Waals surface area contributed by atoms with E-state index in [0.29, 0.717) is 5.56 Å². The molecule has 0 bridgehead atoms.